The van der Waals surface area contributed by atoms with Crippen LogP contribution in [0.15, 0.2) is 53.5 Å². The number of anilines is 1. The Morgan fingerprint density at radius 3 is 2.29 bits per heavy atom. The van der Waals surface area contributed by atoms with Crippen molar-refractivity contribution in [1.29, 1.82) is 0 Å². The molecule has 0 aliphatic rings. The van der Waals surface area contributed by atoms with E-state index in [1.165, 1.54) is 23.2 Å². The number of Topliss-reactive ketones (excluding diaryl/α,β-unsaturated/α-hetero) is 1. The van der Waals surface area contributed by atoms with Crippen molar-refractivity contribution >= 4 is 29.4 Å². The highest BCUT2D eigenvalue weighted by Crippen LogP contribution is 2.16. The van der Waals surface area contributed by atoms with Crippen LogP contribution in [0.2, 0.25) is 0 Å². The number of hydrogen-bond acceptors (Lipinski definition) is 5. The van der Waals surface area contributed by atoms with E-state index in [9.17, 15) is 28.4 Å². The van der Waals surface area contributed by atoms with E-state index in [2.05, 4.69) is 10.6 Å². The molecule has 0 radical (unpaired) electrons. The van der Waals surface area contributed by atoms with Crippen LogP contribution in [0.4, 0.5) is 14.9 Å². The minimum absolute atomic E-state index is 0.0175. The number of benzene rings is 1. The molecular formula is C24H29FN4O6. The molecule has 0 spiro atoms. The van der Waals surface area contributed by atoms with Gasteiger partial charge in [-0.25, -0.2) is 9.18 Å². The van der Waals surface area contributed by atoms with Gasteiger partial charge in [-0.2, -0.15) is 0 Å². The monoisotopic (exact) mass is 488 g/mol. The Labute approximate surface area is 201 Å². The van der Waals surface area contributed by atoms with Crippen LogP contribution in [0.1, 0.15) is 31.9 Å². The van der Waals surface area contributed by atoms with E-state index in [4.69, 9.17) is 5.11 Å². The molecule has 0 aliphatic heterocycles. The first kappa shape index (κ1) is 27.2. The number of hydrogen-bond donors (Lipinski definition) is 3. The predicted molar refractivity (Wildman–Crippen MR) is 127 cm³/mol. The van der Waals surface area contributed by atoms with E-state index in [1.807, 2.05) is 0 Å². The number of carbonyl (C=O) groups excluding carboxylic acids is 3. The first-order chi connectivity index (χ1) is 16.7. The Bertz CT molecular complexity index is 1100. The molecule has 1 aromatic carbocycles. The number of rotatable bonds is 12. The molecule has 1 aromatic heterocycles. The Morgan fingerprint density at radius 1 is 1.06 bits per heavy atom. The molecule has 0 bridgehead atoms. The lowest BCUT2D eigenvalue weighted by atomic mass is 10.0. The molecule has 0 saturated heterocycles. The number of nitrogens with zero attached hydrogens (tertiary/aromatic N) is 2. The van der Waals surface area contributed by atoms with Gasteiger partial charge < -0.3 is 25.2 Å². The van der Waals surface area contributed by atoms with Crippen molar-refractivity contribution in [2.75, 3.05) is 25.1 Å². The average Bonchev–Trinajstić information content (AvgIpc) is 2.84. The Hall–Kier alpha value is -4.02. The summed E-state index contributed by atoms with van der Waals surface area (Å²) in [7, 11) is 0. The van der Waals surface area contributed by atoms with Gasteiger partial charge in [-0.3, -0.25) is 19.2 Å². The second kappa shape index (κ2) is 13.0. The number of halogens is 1. The van der Waals surface area contributed by atoms with Gasteiger partial charge in [0.15, 0.2) is 5.78 Å². The molecule has 2 atom stereocenters. The molecular weight excluding hydrogens is 459 g/mol. The molecule has 2 aromatic rings. The number of ketones is 1. The number of nitrogens with one attached hydrogen (secondary N) is 2. The molecule has 0 saturated carbocycles. The Balaban J connectivity index is 2.45. The molecule has 35 heavy (non-hydrogen) atoms. The van der Waals surface area contributed by atoms with Crippen LogP contribution in [0, 0.1) is 0 Å². The van der Waals surface area contributed by atoms with Crippen molar-refractivity contribution in [3.63, 3.8) is 0 Å². The SMILES string of the molecule is CCN(CC)C(=O)Nc1cccn([C@@H](Cc2ccccc2)C(=O)N[C@H](CC(=O)O)C(=O)CF)c1=O. The van der Waals surface area contributed by atoms with Crippen molar-refractivity contribution in [2.45, 2.75) is 38.8 Å². The van der Waals surface area contributed by atoms with Crippen LogP contribution in [0.5, 0.6) is 0 Å². The first-order valence-corrected chi connectivity index (χ1v) is 11.1. The molecule has 3 N–H and O–H groups in total. The molecule has 0 aliphatic carbocycles. The number of carboxylic acids is 1. The molecule has 188 valence electrons. The van der Waals surface area contributed by atoms with Crippen molar-refractivity contribution in [3.8, 4) is 0 Å². The van der Waals surface area contributed by atoms with Gasteiger partial charge in [0.05, 0.1) is 6.42 Å². The number of carboxylic acid groups (broad SMARTS) is 1. The maximum atomic E-state index is 13.2. The van der Waals surface area contributed by atoms with Crippen molar-refractivity contribution < 1.29 is 28.7 Å². The second-order valence-corrected chi connectivity index (χ2v) is 7.70. The zero-order valence-electron chi connectivity index (χ0n) is 19.6. The highest BCUT2D eigenvalue weighted by molar-refractivity contribution is 5.93. The molecule has 11 heteroatoms. The molecule has 2 rings (SSSR count). The van der Waals surface area contributed by atoms with Crippen LogP contribution in [-0.4, -0.2) is 64.1 Å². The summed E-state index contributed by atoms with van der Waals surface area (Å²) < 4.78 is 14.1. The molecule has 0 unspecified atom stereocenters. The highest BCUT2D eigenvalue weighted by Gasteiger charge is 2.29. The zero-order valence-corrected chi connectivity index (χ0v) is 19.6. The van der Waals surface area contributed by atoms with Crippen LogP contribution >= 0.6 is 0 Å². The summed E-state index contributed by atoms with van der Waals surface area (Å²) in [6.45, 7) is 2.98. The summed E-state index contributed by atoms with van der Waals surface area (Å²) in [5.74, 6) is -3.32. The quantitative estimate of drug-likeness (QED) is 0.418. The lowest BCUT2D eigenvalue weighted by Gasteiger charge is -2.24. The number of aliphatic carboxylic acids is 1. The summed E-state index contributed by atoms with van der Waals surface area (Å²) in [5.41, 5.74) is -0.0448. The normalized spacial score (nSPS) is 12.3. The fraction of sp³-hybridized carbons (Fsp3) is 0.375. The van der Waals surface area contributed by atoms with Gasteiger partial charge in [0.2, 0.25) is 5.91 Å². The third-order valence-electron chi connectivity index (χ3n) is 5.39. The Morgan fingerprint density at radius 2 is 1.71 bits per heavy atom. The summed E-state index contributed by atoms with van der Waals surface area (Å²) in [4.78, 5) is 63.4. The van der Waals surface area contributed by atoms with Gasteiger partial charge in [0.1, 0.15) is 24.4 Å². The van der Waals surface area contributed by atoms with Gasteiger partial charge in [-0.05, 0) is 31.5 Å². The summed E-state index contributed by atoms with van der Waals surface area (Å²) in [5, 5.41) is 13.9. The summed E-state index contributed by atoms with van der Waals surface area (Å²) in [6, 6.07) is 8.33. The maximum Gasteiger partial charge on any atom is 0.321 e. The van der Waals surface area contributed by atoms with Crippen molar-refractivity contribution in [1.82, 2.24) is 14.8 Å². The number of urea groups is 1. The lowest BCUT2D eigenvalue weighted by molar-refractivity contribution is -0.140. The summed E-state index contributed by atoms with van der Waals surface area (Å²) in [6.07, 6.45) is 0.566. The first-order valence-electron chi connectivity index (χ1n) is 11.1. The number of carbonyl (C=O) groups is 4. The van der Waals surface area contributed by atoms with Gasteiger partial charge in [0.25, 0.3) is 5.56 Å². The van der Waals surface area contributed by atoms with E-state index in [1.54, 1.807) is 44.2 Å². The second-order valence-electron chi connectivity index (χ2n) is 7.70. The van der Waals surface area contributed by atoms with Gasteiger partial charge >= 0.3 is 12.0 Å². The minimum Gasteiger partial charge on any atom is -0.481 e. The standard InChI is InChI=1S/C24H29FN4O6/c1-3-28(4-2)24(35)27-17-11-8-12-29(23(17)34)19(13-16-9-6-5-7-10-16)22(33)26-18(14-21(31)32)20(30)15-25/h5-12,18-19H,3-4,13-15H2,1-2H3,(H,26,33)(H,27,35)(H,31,32)/t18-,19+/m1/s1. The van der Waals surface area contributed by atoms with Crippen molar-refractivity contribution in [3.05, 3.63) is 64.6 Å². The average molecular weight is 489 g/mol. The molecule has 1 heterocycles. The number of aromatic nitrogens is 1. The smallest absolute Gasteiger partial charge is 0.321 e. The molecule has 3 amide bonds. The van der Waals surface area contributed by atoms with Crippen LogP contribution in [-0.2, 0) is 20.8 Å². The third kappa shape index (κ3) is 7.49. The van der Waals surface area contributed by atoms with E-state index in [0.29, 0.717) is 18.7 Å². The zero-order chi connectivity index (χ0) is 26.0. The Kier molecular flexibility index (Phi) is 10.1. The van der Waals surface area contributed by atoms with E-state index in [0.717, 1.165) is 4.57 Å². The van der Waals surface area contributed by atoms with E-state index >= 15 is 0 Å². The number of amides is 3. The lowest BCUT2D eigenvalue weighted by Crippen LogP contribution is -2.47. The molecule has 0 fully saturated rings. The van der Waals surface area contributed by atoms with Gasteiger partial charge in [-0.1, -0.05) is 30.3 Å². The highest BCUT2D eigenvalue weighted by atomic mass is 19.1. The van der Waals surface area contributed by atoms with Gasteiger partial charge in [0, 0.05) is 25.7 Å². The van der Waals surface area contributed by atoms with Crippen LogP contribution < -0.4 is 16.2 Å². The largest absolute Gasteiger partial charge is 0.481 e. The van der Waals surface area contributed by atoms with Crippen LogP contribution in [0.25, 0.3) is 0 Å². The molecule has 10 nitrogen and oxygen atoms in total. The maximum absolute atomic E-state index is 13.2. The fourth-order valence-electron chi connectivity index (χ4n) is 3.49. The summed E-state index contributed by atoms with van der Waals surface area (Å²) >= 11 is 0. The third-order valence-corrected chi connectivity index (χ3v) is 5.39. The topological polar surface area (TPSA) is 138 Å². The minimum atomic E-state index is -1.59. The van der Waals surface area contributed by atoms with E-state index in [-0.39, 0.29) is 12.1 Å². The fourth-order valence-corrected chi connectivity index (χ4v) is 3.49. The van der Waals surface area contributed by atoms with Gasteiger partial charge in [-0.15, -0.1) is 0 Å². The predicted octanol–water partition coefficient (Wildman–Crippen LogP) is 2.00. The van der Waals surface area contributed by atoms with E-state index < -0.39 is 54.4 Å². The van der Waals surface area contributed by atoms with Crippen molar-refractivity contribution in [2.24, 2.45) is 0 Å². The van der Waals surface area contributed by atoms with Crippen LogP contribution in [0.3, 0.4) is 0 Å². The number of pyridine rings is 1. The number of alkyl halides is 1.